The Bertz CT molecular complexity index is 124. The first-order valence-electron chi connectivity index (χ1n) is 1.49. The first kappa shape index (κ1) is 7.26. The van der Waals surface area contributed by atoms with Crippen LogP contribution in [0.15, 0.2) is 0 Å². The molecule has 0 N–H and O–H groups in total. The molecule has 0 radical (unpaired) electrons. The van der Waals surface area contributed by atoms with Crippen molar-refractivity contribution in [2.45, 2.75) is 0 Å². The molecule has 0 saturated heterocycles. The summed E-state index contributed by atoms with van der Waals surface area (Å²) < 4.78 is 29.0. The van der Waals surface area contributed by atoms with E-state index in [0.29, 0.717) is 0 Å². The normalized spacial score (nSPS) is 11.7. The zero-order valence-corrected chi connectivity index (χ0v) is 5.38. The van der Waals surface area contributed by atoms with Gasteiger partial charge in [0.1, 0.15) is 10.1 Å². The molecule has 0 fully saturated rings. The quantitative estimate of drug-likeness (QED) is 0.502. The van der Waals surface area contributed by atoms with Crippen molar-refractivity contribution in [1.29, 1.82) is 0 Å². The van der Waals surface area contributed by atoms with Gasteiger partial charge in [0.25, 0.3) is 0 Å². The lowest BCUT2D eigenvalue weighted by molar-refractivity contribution is 0.469. The smallest absolute Gasteiger partial charge is 0.104 e. The van der Waals surface area contributed by atoms with Gasteiger partial charge in [-0.1, -0.05) is 0 Å². The summed E-state index contributed by atoms with van der Waals surface area (Å²) in [6.45, 7) is 0. The maximum absolute atomic E-state index is 9.65. The molecule has 44 valence electrons. The largest absolute Gasteiger partial charge is 0.747 e. The van der Waals surface area contributed by atoms with Crippen LogP contribution >= 0.6 is 11.8 Å². The van der Waals surface area contributed by atoms with E-state index in [1.165, 1.54) is 0 Å². The number of hydrogen-bond acceptors (Lipinski definition) is 4. The highest BCUT2D eigenvalue weighted by molar-refractivity contribution is 8.10. The van der Waals surface area contributed by atoms with Crippen molar-refractivity contribution < 1.29 is 13.0 Å². The van der Waals surface area contributed by atoms with E-state index in [4.69, 9.17) is 0 Å². The van der Waals surface area contributed by atoms with Gasteiger partial charge in [0.15, 0.2) is 0 Å². The molecule has 0 spiro atoms. The Morgan fingerprint density at radius 1 is 1.71 bits per heavy atom. The Kier molecular flexibility index (Phi) is 2.63. The molecule has 0 aromatic rings. The summed E-state index contributed by atoms with van der Waals surface area (Å²) in [5, 5.41) is -0.326. The summed E-state index contributed by atoms with van der Waals surface area (Å²) in [7, 11) is -3.96. The van der Waals surface area contributed by atoms with Gasteiger partial charge < -0.3 is 4.55 Å². The third-order valence-electron chi connectivity index (χ3n) is 0.262. The van der Waals surface area contributed by atoms with Crippen LogP contribution in [0.25, 0.3) is 0 Å². The van der Waals surface area contributed by atoms with E-state index in [-0.39, 0.29) is 5.08 Å². The van der Waals surface area contributed by atoms with Gasteiger partial charge in [-0.15, -0.1) is 0 Å². The predicted octanol–water partition coefficient (Wildman–Crippen LogP) is -0.148. The molecule has 0 aliphatic carbocycles. The minimum atomic E-state index is -3.96. The van der Waals surface area contributed by atoms with Crippen molar-refractivity contribution in [3.8, 4) is 0 Å². The van der Waals surface area contributed by atoms with E-state index >= 15 is 0 Å². The van der Waals surface area contributed by atoms with Crippen LogP contribution in [0.2, 0.25) is 0 Å². The van der Waals surface area contributed by atoms with Gasteiger partial charge >= 0.3 is 0 Å². The molecule has 7 heavy (non-hydrogen) atoms. The molecule has 3 nitrogen and oxygen atoms in total. The highest BCUT2D eigenvalue weighted by Crippen LogP contribution is 1.94. The number of thioether (sulfide) groups is 1. The highest BCUT2D eigenvalue weighted by Gasteiger charge is 1.87. The third-order valence-corrected chi connectivity index (χ3v) is 2.36. The molecular weight excluding hydrogens is 136 g/mol. The fourth-order valence-electron chi connectivity index (χ4n) is 0.144. The minimum absolute atomic E-state index is 0.326. The fourth-order valence-corrected chi connectivity index (χ4v) is 1.30. The van der Waals surface area contributed by atoms with Crippen molar-refractivity contribution in [3.05, 3.63) is 0 Å². The average Bonchev–Trinajstić information content (AvgIpc) is 1.30. The van der Waals surface area contributed by atoms with Gasteiger partial charge in [0, 0.05) is 0 Å². The van der Waals surface area contributed by atoms with E-state index in [1.54, 1.807) is 6.26 Å². The monoisotopic (exact) mass is 141 g/mol. The van der Waals surface area contributed by atoms with Crippen LogP contribution in [0.4, 0.5) is 0 Å². The molecule has 0 heterocycles. The van der Waals surface area contributed by atoms with E-state index < -0.39 is 10.1 Å². The molecule has 0 amide bonds. The van der Waals surface area contributed by atoms with Gasteiger partial charge in [-0.25, -0.2) is 8.42 Å². The lowest BCUT2D eigenvalue weighted by Gasteiger charge is -2.00. The average molecular weight is 141 g/mol. The molecule has 0 saturated carbocycles. The van der Waals surface area contributed by atoms with Crippen LogP contribution in [0.1, 0.15) is 0 Å². The lowest BCUT2D eigenvalue weighted by Crippen LogP contribution is -1.98. The minimum Gasteiger partial charge on any atom is -0.747 e. The van der Waals surface area contributed by atoms with Crippen LogP contribution in [0.3, 0.4) is 0 Å². The summed E-state index contributed by atoms with van der Waals surface area (Å²) in [5.41, 5.74) is 0. The van der Waals surface area contributed by atoms with Crippen LogP contribution in [-0.2, 0) is 10.1 Å². The zero-order valence-electron chi connectivity index (χ0n) is 3.75. The second kappa shape index (κ2) is 2.54. The Morgan fingerprint density at radius 3 is 2.14 bits per heavy atom. The third kappa shape index (κ3) is 6.26. The van der Waals surface area contributed by atoms with Gasteiger partial charge in [-0.2, -0.15) is 11.8 Å². The van der Waals surface area contributed by atoms with Gasteiger partial charge in [-0.3, -0.25) is 0 Å². The summed E-state index contributed by atoms with van der Waals surface area (Å²) in [6.07, 6.45) is 1.56. The van der Waals surface area contributed by atoms with E-state index in [0.717, 1.165) is 11.8 Å². The predicted molar refractivity (Wildman–Crippen MR) is 28.1 cm³/mol. The molecule has 0 atom stereocenters. The summed E-state index contributed by atoms with van der Waals surface area (Å²) >= 11 is 1.01. The van der Waals surface area contributed by atoms with Crippen molar-refractivity contribution in [3.63, 3.8) is 0 Å². The Balaban J connectivity index is 3.60. The van der Waals surface area contributed by atoms with Gasteiger partial charge in [0.2, 0.25) is 0 Å². The van der Waals surface area contributed by atoms with Gasteiger partial charge in [-0.05, 0) is 6.26 Å². The van der Waals surface area contributed by atoms with Crippen molar-refractivity contribution >= 4 is 21.9 Å². The first-order chi connectivity index (χ1) is 3.06. The van der Waals surface area contributed by atoms with Crippen LogP contribution in [0, 0.1) is 0 Å². The van der Waals surface area contributed by atoms with Crippen LogP contribution < -0.4 is 0 Å². The lowest BCUT2D eigenvalue weighted by atomic mass is 11.9. The molecule has 0 bridgehead atoms. The molecular formula is C2H5O3S2-. The maximum atomic E-state index is 9.65. The molecule has 0 aliphatic rings. The molecule has 0 aromatic heterocycles. The summed E-state index contributed by atoms with van der Waals surface area (Å²) in [5.74, 6) is 0. The summed E-state index contributed by atoms with van der Waals surface area (Å²) in [6, 6.07) is 0. The van der Waals surface area contributed by atoms with E-state index in [2.05, 4.69) is 0 Å². The Hall–Kier alpha value is 0.260. The topological polar surface area (TPSA) is 57.2 Å². The fraction of sp³-hybridized carbons (Fsp3) is 1.00. The highest BCUT2D eigenvalue weighted by atomic mass is 32.3. The summed E-state index contributed by atoms with van der Waals surface area (Å²) in [4.78, 5) is 0. The Labute approximate surface area is 46.9 Å². The molecule has 0 unspecified atom stereocenters. The van der Waals surface area contributed by atoms with E-state index in [1.807, 2.05) is 0 Å². The second-order valence-corrected chi connectivity index (χ2v) is 3.60. The van der Waals surface area contributed by atoms with Crippen LogP contribution in [0.5, 0.6) is 0 Å². The maximum Gasteiger partial charge on any atom is 0.104 e. The van der Waals surface area contributed by atoms with E-state index in [9.17, 15) is 13.0 Å². The number of rotatable bonds is 2. The SMILES string of the molecule is CSCS(=O)(=O)[O-]. The van der Waals surface area contributed by atoms with Crippen molar-refractivity contribution in [2.75, 3.05) is 11.3 Å². The number of hydrogen-bond donors (Lipinski definition) is 0. The first-order valence-corrected chi connectivity index (χ1v) is 4.46. The van der Waals surface area contributed by atoms with Crippen LogP contribution in [-0.4, -0.2) is 24.3 Å². The second-order valence-electron chi connectivity index (χ2n) is 0.964. The molecule has 0 aliphatic heterocycles. The Morgan fingerprint density at radius 2 is 2.14 bits per heavy atom. The zero-order chi connectivity index (χ0) is 5.91. The molecule has 0 aromatic carbocycles. The molecule has 5 heteroatoms. The van der Waals surface area contributed by atoms with Crippen molar-refractivity contribution in [1.82, 2.24) is 0 Å². The standard InChI is InChI=1S/C2H6O3S2/c1-6-2-7(3,4)5/h2H2,1H3,(H,3,4,5)/p-1. The molecule has 0 rings (SSSR count). The van der Waals surface area contributed by atoms with Gasteiger partial charge in [0.05, 0.1) is 5.08 Å². The van der Waals surface area contributed by atoms with Crippen molar-refractivity contribution in [2.24, 2.45) is 0 Å².